The van der Waals surface area contributed by atoms with Crippen LogP contribution in [0.1, 0.15) is 26.3 Å². The molecule has 0 unspecified atom stereocenters. The number of nitrogens with zero attached hydrogens (tertiary/aromatic N) is 6. The second-order valence-electron chi connectivity index (χ2n) is 14.7. The molecule has 0 bridgehead atoms. The maximum Gasteiger partial charge on any atom is 0.182 e. The molecule has 0 aliphatic carbocycles. The van der Waals surface area contributed by atoms with E-state index in [2.05, 4.69) is 151 Å². The van der Waals surface area contributed by atoms with Gasteiger partial charge < -0.3 is 4.57 Å². The predicted octanol–water partition coefficient (Wildman–Crippen LogP) is 11.5. The van der Waals surface area contributed by atoms with Crippen molar-refractivity contribution in [2.45, 2.75) is 26.2 Å². The minimum absolute atomic E-state index is 0.00534. The van der Waals surface area contributed by atoms with E-state index in [4.69, 9.17) is 15.1 Å². The third-order valence-corrected chi connectivity index (χ3v) is 10.3. The maximum atomic E-state index is 5.11. The molecule has 0 N–H and O–H groups in total. The van der Waals surface area contributed by atoms with Gasteiger partial charge >= 0.3 is 0 Å². The van der Waals surface area contributed by atoms with Crippen LogP contribution in [0.5, 0.6) is 0 Å². The van der Waals surface area contributed by atoms with Crippen molar-refractivity contribution in [2.75, 3.05) is 0 Å². The van der Waals surface area contributed by atoms with E-state index in [0.717, 1.165) is 56.2 Å². The summed E-state index contributed by atoms with van der Waals surface area (Å²) >= 11 is 0. The van der Waals surface area contributed by atoms with Crippen LogP contribution in [-0.2, 0) is 5.41 Å². The SMILES string of the molecule is CC(C)(C)c1ccnc(-n2c3ccccc3c3ccc(-n4c5ccccc5c5ccc(-n6nc(-c7ccccc7)nc6-c6ccccc6)cc54)cc32)c1. The summed E-state index contributed by atoms with van der Waals surface area (Å²) in [6.45, 7) is 6.74. The average Bonchev–Trinajstić information content (AvgIpc) is 3.89. The van der Waals surface area contributed by atoms with Crippen molar-refractivity contribution < 1.29 is 0 Å². The first kappa shape index (κ1) is 31.0. The van der Waals surface area contributed by atoms with E-state index in [1.807, 2.05) is 47.3 Å². The van der Waals surface area contributed by atoms with Gasteiger partial charge in [0.25, 0.3) is 0 Å². The van der Waals surface area contributed by atoms with Crippen LogP contribution in [0, 0.1) is 0 Å². The third kappa shape index (κ3) is 5.06. The quantitative estimate of drug-likeness (QED) is 0.181. The molecule has 6 heteroatoms. The molecule has 10 rings (SSSR count). The van der Waals surface area contributed by atoms with E-state index < -0.39 is 0 Å². The van der Waals surface area contributed by atoms with Crippen LogP contribution in [0.25, 0.3) is 83.6 Å². The lowest BCUT2D eigenvalue weighted by Gasteiger charge is -2.20. The average molecular weight is 685 g/mol. The van der Waals surface area contributed by atoms with Crippen molar-refractivity contribution >= 4 is 43.6 Å². The summed E-state index contributed by atoms with van der Waals surface area (Å²) < 4.78 is 6.68. The molecule has 0 amide bonds. The zero-order valence-electron chi connectivity index (χ0n) is 29.8. The molecule has 6 nitrogen and oxygen atoms in total. The van der Waals surface area contributed by atoms with Gasteiger partial charge in [0, 0.05) is 44.6 Å². The van der Waals surface area contributed by atoms with Crippen molar-refractivity contribution in [2.24, 2.45) is 0 Å². The van der Waals surface area contributed by atoms with Gasteiger partial charge in [-0.1, -0.05) is 130 Å². The molecule has 4 aromatic heterocycles. The highest BCUT2D eigenvalue weighted by atomic mass is 15.4. The molecule has 0 saturated carbocycles. The molecule has 4 heterocycles. The normalized spacial score (nSPS) is 12.1. The van der Waals surface area contributed by atoms with Crippen LogP contribution in [0.4, 0.5) is 0 Å². The Bertz CT molecular complexity index is 2980. The van der Waals surface area contributed by atoms with E-state index in [9.17, 15) is 0 Å². The zero-order valence-corrected chi connectivity index (χ0v) is 29.8. The molecule has 0 radical (unpaired) electrons. The standard InChI is InChI=1S/C47H36N6/c1-47(2,3)33-26-27-48-44(28-33)52-41-21-13-11-19-37(41)39-24-22-34(29-43(39)52)51-40-20-12-10-18-36(40)38-25-23-35(30-42(38)51)53-46(32-16-8-5-9-17-32)49-45(50-53)31-14-6-4-7-15-31/h4-30H,1-3H3. The molecule has 0 spiro atoms. The van der Waals surface area contributed by atoms with Gasteiger partial charge in [-0.3, -0.25) is 4.57 Å². The Labute approximate surface area is 307 Å². The van der Waals surface area contributed by atoms with Crippen molar-refractivity contribution in [3.63, 3.8) is 0 Å². The number of hydrogen-bond donors (Lipinski definition) is 0. The monoisotopic (exact) mass is 684 g/mol. The third-order valence-electron chi connectivity index (χ3n) is 10.3. The highest BCUT2D eigenvalue weighted by Crippen LogP contribution is 2.38. The Balaban J connectivity index is 1.22. The second kappa shape index (κ2) is 11.9. The Morgan fingerprint density at radius 1 is 0.472 bits per heavy atom. The van der Waals surface area contributed by atoms with Gasteiger partial charge in [-0.2, -0.15) is 0 Å². The largest absolute Gasteiger partial charge is 0.309 e. The second-order valence-corrected chi connectivity index (χ2v) is 14.7. The summed E-state index contributed by atoms with van der Waals surface area (Å²) in [5.74, 6) is 2.40. The fraction of sp³-hybridized carbons (Fsp3) is 0.0851. The molecule has 0 fully saturated rings. The molecule has 6 aromatic carbocycles. The van der Waals surface area contributed by atoms with E-state index in [0.29, 0.717) is 5.82 Å². The lowest BCUT2D eigenvalue weighted by Crippen LogP contribution is -2.12. The topological polar surface area (TPSA) is 53.5 Å². The van der Waals surface area contributed by atoms with E-state index in [1.54, 1.807) is 0 Å². The van der Waals surface area contributed by atoms with E-state index in [-0.39, 0.29) is 5.41 Å². The Morgan fingerprint density at radius 3 is 1.70 bits per heavy atom. The van der Waals surface area contributed by atoms with Crippen molar-refractivity contribution in [3.05, 3.63) is 169 Å². The van der Waals surface area contributed by atoms with Gasteiger partial charge in [0.05, 0.1) is 27.8 Å². The fourth-order valence-corrected chi connectivity index (χ4v) is 7.70. The van der Waals surface area contributed by atoms with E-state index in [1.165, 1.54) is 27.1 Å². The van der Waals surface area contributed by atoms with Crippen LogP contribution in [0.2, 0.25) is 0 Å². The molecule has 254 valence electrons. The summed E-state index contributed by atoms with van der Waals surface area (Å²) in [5, 5.41) is 9.88. The summed E-state index contributed by atoms with van der Waals surface area (Å²) in [4.78, 5) is 10.0. The van der Waals surface area contributed by atoms with Gasteiger partial charge in [0.2, 0.25) is 0 Å². The zero-order chi connectivity index (χ0) is 35.7. The first-order chi connectivity index (χ1) is 25.9. The predicted molar refractivity (Wildman–Crippen MR) is 217 cm³/mol. The summed E-state index contributed by atoms with van der Waals surface area (Å²) in [6, 6.07) is 55.6. The van der Waals surface area contributed by atoms with Gasteiger partial charge in [-0.05, 0) is 59.5 Å². The number of hydrogen-bond acceptors (Lipinski definition) is 3. The van der Waals surface area contributed by atoms with Crippen LogP contribution in [0.15, 0.2) is 164 Å². The number of para-hydroxylation sites is 2. The smallest absolute Gasteiger partial charge is 0.182 e. The van der Waals surface area contributed by atoms with Gasteiger partial charge in [0.15, 0.2) is 11.6 Å². The molecule has 0 aliphatic rings. The van der Waals surface area contributed by atoms with Gasteiger partial charge in [-0.15, -0.1) is 5.10 Å². The maximum absolute atomic E-state index is 5.11. The molecular weight excluding hydrogens is 649 g/mol. The molecule has 0 atom stereocenters. The van der Waals surface area contributed by atoms with Crippen LogP contribution in [0.3, 0.4) is 0 Å². The lowest BCUT2D eigenvalue weighted by atomic mass is 9.88. The highest BCUT2D eigenvalue weighted by molar-refractivity contribution is 6.12. The van der Waals surface area contributed by atoms with Crippen LogP contribution in [-0.4, -0.2) is 28.9 Å². The number of benzene rings is 6. The number of rotatable bonds is 5. The van der Waals surface area contributed by atoms with Crippen molar-refractivity contribution in [1.82, 2.24) is 28.9 Å². The molecule has 0 aliphatic heterocycles. The summed E-state index contributed by atoms with van der Waals surface area (Å²) in [7, 11) is 0. The van der Waals surface area contributed by atoms with Crippen molar-refractivity contribution in [3.8, 4) is 40.0 Å². The summed E-state index contributed by atoms with van der Waals surface area (Å²) in [6.07, 6.45) is 1.94. The Kier molecular flexibility index (Phi) is 6.95. The Hall–Kier alpha value is -6.79. The minimum Gasteiger partial charge on any atom is -0.309 e. The highest BCUT2D eigenvalue weighted by Gasteiger charge is 2.21. The fourth-order valence-electron chi connectivity index (χ4n) is 7.70. The number of pyridine rings is 1. The van der Waals surface area contributed by atoms with Crippen LogP contribution >= 0.6 is 0 Å². The van der Waals surface area contributed by atoms with Crippen molar-refractivity contribution in [1.29, 1.82) is 0 Å². The Morgan fingerprint density at radius 2 is 1.02 bits per heavy atom. The van der Waals surface area contributed by atoms with Crippen LogP contribution < -0.4 is 0 Å². The lowest BCUT2D eigenvalue weighted by molar-refractivity contribution is 0.588. The van der Waals surface area contributed by atoms with Gasteiger partial charge in [0.1, 0.15) is 5.82 Å². The first-order valence-electron chi connectivity index (χ1n) is 18.0. The minimum atomic E-state index is -0.00534. The number of fused-ring (bicyclic) bond motifs is 6. The first-order valence-corrected chi connectivity index (χ1v) is 18.0. The summed E-state index contributed by atoms with van der Waals surface area (Å²) in [5.41, 5.74) is 9.71. The van der Waals surface area contributed by atoms with E-state index >= 15 is 0 Å². The molecule has 10 aromatic rings. The molecule has 0 saturated heterocycles. The molecule has 53 heavy (non-hydrogen) atoms. The van der Waals surface area contributed by atoms with Gasteiger partial charge in [-0.25, -0.2) is 14.6 Å². The number of aromatic nitrogens is 6. The molecular formula is C47H36N6.